The van der Waals surface area contributed by atoms with Gasteiger partial charge in [0.1, 0.15) is 4.90 Å². The number of sulfonamides is 1. The molecule has 0 radical (unpaired) electrons. The molecule has 0 saturated heterocycles. The van der Waals surface area contributed by atoms with Crippen molar-refractivity contribution in [2.24, 2.45) is 10.2 Å². The monoisotopic (exact) mass is 273 g/mol. The molecule has 2 aromatic carbocycles. The zero-order valence-corrected chi connectivity index (χ0v) is 10.7. The van der Waals surface area contributed by atoms with Crippen LogP contribution in [0, 0.1) is 0 Å². The first kappa shape index (κ1) is 11.9. The highest BCUT2D eigenvalue weighted by molar-refractivity contribution is 7.90. The Labute approximate surface area is 111 Å². The first-order valence-corrected chi connectivity index (χ1v) is 7.08. The minimum absolute atomic E-state index is 0.191. The summed E-state index contributed by atoms with van der Waals surface area (Å²) in [6, 6.07) is 15.7. The maximum atomic E-state index is 11.9. The number of hydrogen-bond donors (Lipinski definition) is 1. The standard InChI is InChI=1S/C13H11N3O2S/c14-16(10-6-2-1-3-7-10)13-11-8-4-5-9-12(11)19(17,18)15-13/h1-9H,14H2. The molecule has 0 spiro atoms. The van der Waals surface area contributed by atoms with E-state index in [1.165, 1.54) is 11.1 Å². The van der Waals surface area contributed by atoms with E-state index < -0.39 is 10.0 Å². The van der Waals surface area contributed by atoms with E-state index in [1.54, 1.807) is 30.3 Å². The Morgan fingerprint density at radius 2 is 1.58 bits per heavy atom. The van der Waals surface area contributed by atoms with E-state index in [0.717, 1.165) is 0 Å². The molecular formula is C13H11N3O2S. The highest BCUT2D eigenvalue weighted by Crippen LogP contribution is 2.28. The highest BCUT2D eigenvalue weighted by Gasteiger charge is 2.31. The number of rotatable bonds is 1. The van der Waals surface area contributed by atoms with Crippen LogP contribution in [0.25, 0.3) is 0 Å². The molecule has 2 N–H and O–H groups in total. The smallest absolute Gasteiger partial charge is 0.261 e. The molecule has 1 heterocycles. The number of benzene rings is 2. The molecule has 1 aliphatic rings. The summed E-state index contributed by atoms with van der Waals surface area (Å²) >= 11 is 0. The van der Waals surface area contributed by atoms with Crippen LogP contribution in [0.3, 0.4) is 0 Å². The summed E-state index contributed by atoms with van der Waals surface area (Å²) in [7, 11) is -3.64. The molecule has 0 fully saturated rings. The van der Waals surface area contributed by atoms with Crippen LogP contribution in [-0.2, 0) is 10.0 Å². The fraction of sp³-hybridized carbons (Fsp3) is 0. The van der Waals surface area contributed by atoms with Crippen molar-refractivity contribution in [1.29, 1.82) is 0 Å². The lowest BCUT2D eigenvalue weighted by molar-refractivity contribution is 0.599. The summed E-state index contributed by atoms with van der Waals surface area (Å²) in [5, 5.41) is 1.28. The summed E-state index contributed by atoms with van der Waals surface area (Å²) in [6.45, 7) is 0. The quantitative estimate of drug-likeness (QED) is 0.631. The maximum Gasteiger partial charge on any atom is 0.285 e. The normalized spacial score (nSPS) is 15.7. The molecule has 0 atom stereocenters. The van der Waals surface area contributed by atoms with Crippen molar-refractivity contribution in [3.63, 3.8) is 0 Å². The Hall–Kier alpha value is -2.18. The zero-order valence-electron chi connectivity index (χ0n) is 9.89. The molecule has 1 aliphatic heterocycles. The third-order valence-electron chi connectivity index (χ3n) is 2.88. The lowest BCUT2D eigenvalue weighted by Gasteiger charge is -2.18. The molecule has 0 unspecified atom stereocenters. The van der Waals surface area contributed by atoms with Crippen molar-refractivity contribution in [3.8, 4) is 0 Å². The second-order valence-corrected chi connectivity index (χ2v) is 5.66. The number of amidine groups is 1. The van der Waals surface area contributed by atoms with Crippen molar-refractivity contribution in [2.75, 3.05) is 5.01 Å². The second-order valence-electron chi connectivity index (χ2n) is 4.09. The maximum absolute atomic E-state index is 11.9. The van der Waals surface area contributed by atoms with Crippen molar-refractivity contribution in [2.45, 2.75) is 4.90 Å². The molecule has 0 aromatic heterocycles. The first-order chi connectivity index (χ1) is 9.09. The van der Waals surface area contributed by atoms with E-state index in [0.29, 0.717) is 11.3 Å². The van der Waals surface area contributed by atoms with E-state index in [1.807, 2.05) is 18.2 Å². The van der Waals surface area contributed by atoms with Gasteiger partial charge in [0, 0.05) is 5.56 Å². The van der Waals surface area contributed by atoms with Gasteiger partial charge in [0.25, 0.3) is 10.0 Å². The van der Waals surface area contributed by atoms with Gasteiger partial charge in [0.15, 0.2) is 5.84 Å². The Bertz CT molecular complexity index is 754. The van der Waals surface area contributed by atoms with Gasteiger partial charge in [0.2, 0.25) is 0 Å². The van der Waals surface area contributed by atoms with Crippen LogP contribution < -0.4 is 10.9 Å². The second kappa shape index (κ2) is 4.18. The minimum atomic E-state index is -3.64. The highest BCUT2D eigenvalue weighted by atomic mass is 32.2. The van der Waals surface area contributed by atoms with E-state index in [4.69, 9.17) is 5.84 Å². The summed E-state index contributed by atoms with van der Waals surface area (Å²) < 4.78 is 27.6. The summed E-state index contributed by atoms with van der Waals surface area (Å²) in [5.41, 5.74) is 1.20. The van der Waals surface area contributed by atoms with Crippen LogP contribution in [-0.4, -0.2) is 14.3 Å². The van der Waals surface area contributed by atoms with Gasteiger partial charge in [-0.1, -0.05) is 30.3 Å². The molecule has 0 saturated carbocycles. The van der Waals surface area contributed by atoms with Crippen molar-refractivity contribution in [3.05, 3.63) is 60.2 Å². The summed E-state index contributed by atoms with van der Waals surface area (Å²) in [6.07, 6.45) is 0. The third-order valence-corrected chi connectivity index (χ3v) is 4.20. The Kier molecular flexibility index (Phi) is 2.62. The van der Waals surface area contributed by atoms with Crippen LogP contribution in [0.15, 0.2) is 63.9 Å². The minimum Gasteiger partial charge on any atom is -0.261 e. The molecule has 2 aromatic rings. The lowest BCUT2D eigenvalue weighted by atomic mass is 10.2. The van der Waals surface area contributed by atoms with E-state index >= 15 is 0 Å². The molecule has 6 heteroatoms. The number of nitrogens with zero attached hydrogens (tertiary/aromatic N) is 2. The lowest BCUT2D eigenvalue weighted by Crippen LogP contribution is -2.37. The SMILES string of the molecule is NN(C1=NS(=O)(=O)c2ccccc21)c1ccccc1. The van der Waals surface area contributed by atoms with Crippen LogP contribution in [0.4, 0.5) is 5.69 Å². The molecule has 19 heavy (non-hydrogen) atoms. The van der Waals surface area contributed by atoms with Gasteiger partial charge in [-0.15, -0.1) is 4.40 Å². The number of para-hydroxylation sites is 1. The fourth-order valence-corrected chi connectivity index (χ4v) is 3.17. The van der Waals surface area contributed by atoms with Gasteiger partial charge in [0.05, 0.1) is 5.69 Å². The van der Waals surface area contributed by atoms with Crippen LogP contribution in [0.2, 0.25) is 0 Å². The van der Waals surface area contributed by atoms with Crippen LogP contribution in [0.1, 0.15) is 5.56 Å². The molecule has 0 bridgehead atoms. The van der Waals surface area contributed by atoms with Gasteiger partial charge >= 0.3 is 0 Å². The van der Waals surface area contributed by atoms with Gasteiger partial charge in [-0.05, 0) is 24.3 Å². The van der Waals surface area contributed by atoms with E-state index in [9.17, 15) is 8.42 Å². The molecular weight excluding hydrogens is 262 g/mol. The number of anilines is 1. The Morgan fingerprint density at radius 3 is 2.32 bits per heavy atom. The zero-order chi connectivity index (χ0) is 13.5. The van der Waals surface area contributed by atoms with Gasteiger partial charge in [-0.2, -0.15) is 8.42 Å². The number of hydrogen-bond acceptors (Lipinski definition) is 4. The number of hydrazine groups is 1. The average molecular weight is 273 g/mol. The largest absolute Gasteiger partial charge is 0.285 e. The average Bonchev–Trinajstić information content (AvgIpc) is 2.72. The molecule has 0 amide bonds. The number of fused-ring (bicyclic) bond motifs is 1. The van der Waals surface area contributed by atoms with E-state index in [2.05, 4.69) is 4.40 Å². The predicted molar refractivity (Wildman–Crippen MR) is 73.3 cm³/mol. The van der Waals surface area contributed by atoms with Gasteiger partial charge < -0.3 is 0 Å². The van der Waals surface area contributed by atoms with Crippen molar-refractivity contribution in [1.82, 2.24) is 0 Å². The van der Waals surface area contributed by atoms with Gasteiger partial charge in [-0.25, -0.2) is 5.84 Å². The Morgan fingerprint density at radius 1 is 0.947 bits per heavy atom. The van der Waals surface area contributed by atoms with Gasteiger partial charge in [-0.3, -0.25) is 5.01 Å². The Balaban J connectivity index is 2.13. The molecule has 96 valence electrons. The van der Waals surface area contributed by atoms with Crippen molar-refractivity contribution < 1.29 is 8.42 Å². The third kappa shape index (κ3) is 1.91. The first-order valence-electron chi connectivity index (χ1n) is 5.64. The fourth-order valence-electron chi connectivity index (χ4n) is 1.97. The number of nitrogens with two attached hydrogens (primary N) is 1. The molecule has 3 rings (SSSR count). The summed E-state index contributed by atoms with van der Waals surface area (Å²) in [5.74, 6) is 6.21. The predicted octanol–water partition coefficient (Wildman–Crippen LogP) is 1.52. The summed E-state index contributed by atoms with van der Waals surface area (Å²) in [4.78, 5) is 0.191. The molecule has 5 nitrogen and oxygen atoms in total. The van der Waals surface area contributed by atoms with E-state index in [-0.39, 0.29) is 10.7 Å². The van der Waals surface area contributed by atoms with Crippen LogP contribution in [0.5, 0.6) is 0 Å². The molecule has 0 aliphatic carbocycles. The van der Waals surface area contributed by atoms with Crippen LogP contribution >= 0.6 is 0 Å². The topological polar surface area (TPSA) is 75.8 Å². The van der Waals surface area contributed by atoms with Crippen molar-refractivity contribution >= 4 is 21.5 Å².